The largest absolute Gasteiger partial charge is 0.373 e. The Morgan fingerprint density at radius 1 is 1.10 bits per heavy atom. The van der Waals surface area contributed by atoms with Crippen LogP contribution < -0.4 is 10.6 Å². The number of morpholine rings is 1. The van der Waals surface area contributed by atoms with E-state index in [0.717, 1.165) is 49.4 Å². The van der Waals surface area contributed by atoms with Crippen molar-refractivity contribution in [1.82, 2.24) is 20.5 Å². The van der Waals surface area contributed by atoms with E-state index in [1.165, 1.54) is 16.0 Å². The predicted octanol–water partition coefficient (Wildman–Crippen LogP) is 3.85. The number of thiazole rings is 1. The van der Waals surface area contributed by atoms with E-state index in [1.54, 1.807) is 18.4 Å². The third-order valence-corrected chi connectivity index (χ3v) is 6.10. The lowest BCUT2D eigenvalue weighted by Crippen LogP contribution is -2.44. The number of aliphatic imine (C=N–C) groups is 1. The lowest BCUT2D eigenvalue weighted by atomic mass is 10.1. The Kier molecular flexibility index (Phi) is 9.99. The monoisotopic (exact) mass is 543 g/mol. The molecule has 1 aliphatic heterocycles. The molecular formula is C22H34IN5OS. The molecule has 0 spiro atoms. The van der Waals surface area contributed by atoms with E-state index in [-0.39, 0.29) is 24.0 Å². The second-order valence-electron chi connectivity index (χ2n) is 7.79. The minimum Gasteiger partial charge on any atom is -0.373 e. The van der Waals surface area contributed by atoms with E-state index in [4.69, 9.17) is 4.74 Å². The van der Waals surface area contributed by atoms with Crippen LogP contribution in [-0.2, 0) is 24.4 Å². The Labute approximate surface area is 201 Å². The van der Waals surface area contributed by atoms with Crippen molar-refractivity contribution < 1.29 is 4.74 Å². The zero-order valence-corrected chi connectivity index (χ0v) is 21.7. The molecule has 1 fully saturated rings. The highest BCUT2D eigenvalue weighted by Crippen LogP contribution is 2.17. The molecule has 2 atom stereocenters. The lowest BCUT2D eigenvalue weighted by Gasteiger charge is -2.35. The molecule has 0 bridgehead atoms. The summed E-state index contributed by atoms with van der Waals surface area (Å²) in [5, 5.41) is 7.87. The highest BCUT2D eigenvalue weighted by Gasteiger charge is 2.21. The SMILES string of the molecule is CN=C(NCc1ccc(CN2CC(C)OC(C)C2)cc1)NCc1sc(C)nc1C.I. The molecule has 2 unspecified atom stereocenters. The molecule has 166 valence electrons. The van der Waals surface area contributed by atoms with Crippen LogP contribution in [0.4, 0.5) is 0 Å². The van der Waals surface area contributed by atoms with Crippen molar-refractivity contribution in [2.75, 3.05) is 20.1 Å². The van der Waals surface area contributed by atoms with E-state index in [1.807, 2.05) is 6.92 Å². The normalized spacial score (nSPS) is 20.0. The van der Waals surface area contributed by atoms with E-state index in [0.29, 0.717) is 12.2 Å². The van der Waals surface area contributed by atoms with Crippen LogP contribution in [0, 0.1) is 13.8 Å². The van der Waals surface area contributed by atoms with Crippen LogP contribution in [-0.4, -0.2) is 48.2 Å². The van der Waals surface area contributed by atoms with Gasteiger partial charge in [0.2, 0.25) is 0 Å². The second kappa shape index (κ2) is 12.0. The van der Waals surface area contributed by atoms with Gasteiger partial charge >= 0.3 is 0 Å². The summed E-state index contributed by atoms with van der Waals surface area (Å²) in [7, 11) is 1.80. The molecule has 0 aliphatic carbocycles. The van der Waals surface area contributed by atoms with Gasteiger partial charge in [-0.2, -0.15) is 0 Å². The minimum atomic E-state index is 0. The number of nitrogens with one attached hydrogen (secondary N) is 2. The number of aromatic nitrogens is 1. The van der Waals surface area contributed by atoms with Gasteiger partial charge in [0.15, 0.2) is 5.96 Å². The first-order chi connectivity index (χ1) is 13.9. The van der Waals surface area contributed by atoms with Crippen LogP contribution in [0.15, 0.2) is 29.3 Å². The third kappa shape index (κ3) is 7.47. The highest BCUT2D eigenvalue weighted by molar-refractivity contribution is 14.0. The Morgan fingerprint density at radius 2 is 1.70 bits per heavy atom. The topological polar surface area (TPSA) is 61.8 Å². The minimum absolute atomic E-state index is 0. The van der Waals surface area contributed by atoms with Gasteiger partial charge in [0.1, 0.15) is 0 Å². The first kappa shape index (κ1) is 25.0. The van der Waals surface area contributed by atoms with E-state index in [9.17, 15) is 0 Å². The van der Waals surface area contributed by atoms with E-state index >= 15 is 0 Å². The molecule has 2 N–H and O–H groups in total. The van der Waals surface area contributed by atoms with Gasteiger partial charge in [-0.25, -0.2) is 4.98 Å². The maximum atomic E-state index is 5.82. The molecule has 0 saturated carbocycles. The smallest absolute Gasteiger partial charge is 0.191 e. The Bertz CT molecular complexity index is 813. The van der Waals surface area contributed by atoms with Crippen molar-refractivity contribution in [3.8, 4) is 0 Å². The van der Waals surface area contributed by atoms with Crippen molar-refractivity contribution in [1.29, 1.82) is 0 Å². The van der Waals surface area contributed by atoms with Crippen LogP contribution >= 0.6 is 35.3 Å². The zero-order valence-electron chi connectivity index (χ0n) is 18.6. The molecule has 2 heterocycles. The number of aryl methyl sites for hydroxylation is 2. The number of hydrogen-bond donors (Lipinski definition) is 2. The lowest BCUT2D eigenvalue weighted by molar-refractivity contribution is -0.0704. The van der Waals surface area contributed by atoms with Crippen molar-refractivity contribution in [3.05, 3.63) is 51.0 Å². The summed E-state index contributed by atoms with van der Waals surface area (Å²) < 4.78 is 5.82. The molecule has 2 aromatic rings. The zero-order chi connectivity index (χ0) is 20.8. The summed E-state index contributed by atoms with van der Waals surface area (Å²) >= 11 is 1.73. The molecule has 6 nitrogen and oxygen atoms in total. The first-order valence-corrected chi connectivity index (χ1v) is 11.1. The molecule has 3 rings (SSSR count). The molecule has 1 aromatic carbocycles. The van der Waals surface area contributed by atoms with Crippen LogP contribution in [0.2, 0.25) is 0 Å². The van der Waals surface area contributed by atoms with Crippen molar-refractivity contribution >= 4 is 41.3 Å². The Balaban J connectivity index is 0.00000320. The number of benzene rings is 1. The fourth-order valence-electron chi connectivity index (χ4n) is 3.74. The molecular weight excluding hydrogens is 509 g/mol. The summed E-state index contributed by atoms with van der Waals surface area (Å²) in [6.45, 7) is 12.8. The highest BCUT2D eigenvalue weighted by atomic mass is 127. The van der Waals surface area contributed by atoms with E-state index < -0.39 is 0 Å². The maximum absolute atomic E-state index is 5.82. The predicted molar refractivity (Wildman–Crippen MR) is 136 cm³/mol. The van der Waals surface area contributed by atoms with Gasteiger partial charge in [-0.3, -0.25) is 9.89 Å². The molecule has 1 aromatic heterocycles. The summed E-state index contributed by atoms with van der Waals surface area (Å²) in [6, 6.07) is 8.84. The maximum Gasteiger partial charge on any atom is 0.191 e. The average Bonchev–Trinajstić information content (AvgIpc) is 2.99. The van der Waals surface area contributed by atoms with Crippen molar-refractivity contribution in [2.24, 2.45) is 4.99 Å². The number of nitrogens with zero attached hydrogens (tertiary/aromatic N) is 3. The number of guanidine groups is 1. The van der Waals surface area contributed by atoms with Gasteiger partial charge in [-0.15, -0.1) is 35.3 Å². The summed E-state index contributed by atoms with van der Waals surface area (Å²) in [4.78, 5) is 12.5. The van der Waals surface area contributed by atoms with Crippen molar-refractivity contribution in [3.63, 3.8) is 0 Å². The van der Waals surface area contributed by atoms with Crippen LogP contribution in [0.5, 0.6) is 0 Å². The number of hydrogen-bond acceptors (Lipinski definition) is 5. The fraction of sp³-hybridized carbons (Fsp3) is 0.545. The molecule has 1 aliphatic rings. The van der Waals surface area contributed by atoms with Gasteiger partial charge in [-0.05, 0) is 38.8 Å². The fourth-order valence-corrected chi connectivity index (χ4v) is 4.62. The molecule has 1 saturated heterocycles. The van der Waals surface area contributed by atoms with Gasteiger partial charge in [-0.1, -0.05) is 24.3 Å². The molecule has 0 amide bonds. The first-order valence-electron chi connectivity index (χ1n) is 10.3. The molecule has 30 heavy (non-hydrogen) atoms. The number of ether oxygens (including phenoxy) is 1. The number of rotatable bonds is 6. The second-order valence-corrected chi connectivity index (χ2v) is 9.08. The summed E-state index contributed by atoms with van der Waals surface area (Å²) in [5.74, 6) is 0.802. The van der Waals surface area contributed by atoms with Gasteiger partial charge in [0, 0.05) is 38.1 Å². The van der Waals surface area contributed by atoms with Crippen LogP contribution in [0.25, 0.3) is 0 Å². The summed E-state index contributed by atoms with van der Waals surface area (Å²) in [5.41, 5.74) is 3.67. The van der Waals surface area contributed by atoms with Crippen LogP contribution in [0.3, 0.4) is 0 Å². The quantitative estimate of drug-likeness (QED) is 0.330. The molecule has 0 radical (unpaired) electrons. The van der Waals surface area contributed by atoms with Crippen LogP contribution in [0.1, 0.15) is 40.6 Å². The molecule has 8 heteroatoms. The van der Waals surface area contributed by atoms with Crippen molar-refractivity contribution in [2.45, 2.75) is 59.5 Å². The van der Waals surface area contributed by atoms with Gasteiger partial charge in [0.05, 0.1) is 29.5 Å². The Morgan fingerprint density at radius 3 is 2.27 bits per heavy atom. The Hall–Kier alpha value is -1.23. The van der Waals surface area contributed by atoms with E-state index in [2.05, 4.69) is 70.5 Å². The standard InChI is InChI=1S/C22H33N5OS.HI/c1-15-12-27(13-16(2)28-15)14-20-8-6-19(7-9-20)10-24-22(23-5)25-11-21-17(3)26-18(4)29-21;/h6-9,15-16H,10-14H2,1-5H3,(H2,23,24,25);1H. The van der Waals surface area contributed by atoms with Gasteiger partial charge < -0.3 is 15.4 Å². The summed E-state index contributed by atoms with van der Waals surface area (Å²) in [6.07, 6.45) is 0.610. The number of halogens is 1. The van der Waals surface area contributed by atoms with Gasteiger partial charge in [0.25, 0.3) is 0 Å². The average molecular weight is 544 g/mol. The third-order valence-electron chi connectivity index (χ3n) is 5.02.